The number of hydrogen-bond acceptors (Lipinski definition) is 6. The molecule has 0 saturated heterocycles. The molecule has 0 spiro atoms. The maximum atomic E-state index is 12.6. The van der Waals surface area contributed by atoms with Gasteiger partial charge in [0.1, 0.15) is 5.56 Å². The number of pyridine rings is 1. The van der Waals surface area contributed by atoms with Crippen LogP contribution in [0.1, 0.15) is 35.7 Å². The summed E-state index contributed by atoms with van der Waals surface area (Å²) in [6.07, 6.45) is 3.47. The number of halogens is 1. The Labute approximate surface area is 177 Å². The fourth-order valence-corrected chi connectivity index (χ4v) is 3.29. The zero-order chi connectivity index (χ0) is 21.7. The minimum Gasteiger partial charge on any atom is -0.477 e. The Hall–Kier alpha value is -2.62. The van der Waals surface area contributed by atoms with Crippen molar-refractivity contribution in [2.75, 3.05) is 38.3 Å². The largest absolute Gasteiger partial charge is 0.477 e. The van der Waals surface area contributed by atoms with Crippen molar-refractivity contribution < 1.29 is 24.2 Å². The number of carboxylic acids is 1. The molecule has 4 N–H and O–H groups in total. The molecule has 1 amide bonds. The maximum absolute atomic E-state index is 12.6. The predicted octanol–water partition coefficient (Wildman–Crippen LogP) is 2.01. The number of rotatable bonds is 12. The van der Waals surface area contributed by atoms with Gasteiger partial charge in [-0.15, -0.1) is 0 Å². The Kier molecular flexibility index (Phi) is 7.30. The highest BCUT2D eigenvalue weighted by atomic mass is 35.5. The zero-order valence-electron chi connectivity index (χ0n) is 16.4. The topological polar surface area (TPSA) is 133 Å². The molecule has 30 heavy (non-hydrogen) atoms. The van der Waals surface area contributed by atoms with Crippen molar-refractivity contribution in [3.63, 3.8) is 0 Å². The van der Waals surface area contributed by atoms with Crippen LogP contribution in [0.15, 0.2) is 23.1 Å². The molecule has 2 aromatic rings. The number of nitrogens with one attached hydrogen (secondary N) is 1. The fourth-order valence-electron chi connectivity index (χ4n) is 3.07. The van der Waals surface area contributed by atoms with E-state index in [-0.39, 0.29) is 24.6 Å². The number of benzene rings is 1. The molecular formula is C20H24ClN3O6. The zero-order valence-corrected chi connectivity index (χ0v) is 17.1. The van der Waals surface area contributed by atoms with Gasteiger partial charge in [0, 0.05) is 30.6 Å². The number of aromatic carboxylic acids is 1. The lowest BCUT2D eigenvalue weighted by molar-refractivity contribution is -0.119. The van der Waals surface area contributed by atoms with Gasteiger partial charge in [0.05, 0.1) is 42.7 Å². The van der Waals surface area contributed by atoms with Crippen molar-refractivity contribution in [3.8, 4) is 0 Å². The maximum Gasteiger partial charge on any atom is 0.341 e. The van der Waals surface area contributed by atoms with Gasteiger partial charge in [-0.05, 0) is 25.0 Å². The number of carbonyl (C=O) groups excluding carboxylic acids is 1. The lowest BCUT2D eigenvalue weighted by Gasteiger charge is -2.15. The number of ether oxygens (including phenoxy) is 2. The number of amides is 1. The predicted molar refractivity (Wildman–Crippen MR) is 112 cm³/mol. The van der Waals surface area contributed by atoms with Gasteiger partial charge >= 0.3 is 5.97 Å². The molecule has 1 aromatic carbocycles. The molecule has 1 fully saturated rings. The van der Waals surface area contributed by atoms with Crippen LogP contribution in [0.2, 0.25) is 5.02 Å². The molecule has 1 aromatic heterocycles. The van der Waals surface area contributed by atoms with Crippen LogP contribution in [-0.4, -0.2) is 54.5 Å². The second-order valence-electron chi connectivity index (χ2n) is 7.03. The highest BCUT2D eigenvalue weighted by Crippen LogP contribution is 2.38. The fraction of sp³-hybridized carbons (Fsp3) is 0.450. The van der Waals surface area contributed by atoms with Gasteiger partial charge < -0.3 is 30.2 Å². The molecule has 0 unspecified atom stereocenters. The number of hydrogen-bond donors (Lipinski definition) is 3. The van der Waals surface area contributed by atoms with E-state index in [4.69, 9.17) is 26.8 Å². The first-order chi connectivity index (χ1) is 14.4. The van der Waals surface area contributed by atoms with Gasteiger partial charge in [0.2, 0.25) is 11.3 Å². The number of nitrogens with zero attached hydrogens (tertiary/aromatic N) is 1. The highest BCUT2D eigenvalue weighted by molar-refractivity contribution is 6.34. The molecule has 1 aliphatic carbocycles. The van der Waals surface area contributed by atoms with Crippen LogP contribution in [0, 0.1) is 0 Å². The number of carbonyl (C=O) groups is 2. The quantitative estimate of drug-likeness (QED) is 0.432. The van der Waals surface area contributed by atoms with Gasteiger partial charge in [-0.25, -0.2) is 4.79 Å². The molecule has 1 heterocycles. The number of anilines is 1. The Morgan fingerprint density at radius 1 is 1.20 bits per heavy atom. The monoisotopic (exact) mass is 437 g/mol. The van der Waals surface area contributed by atoms with Gasteiger partial charge in [-0.2, -0.15) is 0 Å². The molecule has 0 atom stereocenters. The van der Waals surface area contributed by atoms with Crippen molar-refractivity contribution in [1.29, 1.82) is 0 Å². The molecule has 0 aliphatic heterocycles. The van der Waals surface area contributed by atoms with Crippen molar-refractivity contribution in [2.45, 2.75) is 25.3 Å². The molecule has 0 bridgehead atoms. The third-order valence-electron chi connectivity index (χ3n) is 4.72. The van der Waals surface area contributed by atoms with E-state index in [0.29, 0.717) is 48.0 Å². The van der Waals surface area contributed by atoms with Gasteiger partial charge in [0.15, 0.2) is 0 Å². The normalized spacial score (nSPS) is 13.5. The summed E-state index contributed by atoms with van der Waals surface area (Å²) in [4.78, 5) is 34.7. The number of nitrogens with two attached hydrogens (primary N) is 1. The summed E-state index contributed by atoms with van der Waals surface area (Å²) in [5.74, 6) is -1.65. The lowest BCUT2D eigenvalue weighted by Crippen LogP contribution is -2.19. The summed E-state index contributed by atoms with van der Waals surface area (Å²) in [6, 6.07) is 3.48. The summed E-state index contributed by atoms with van der Waals surface area (Å²) in [5.41, 5.74) is 5.40. The van der Waals surface area contributed by atoms with Crippen LogP contribution in [0.4, 0.5) is 5.69 Å². The summed E-state index contributed by atoms with van der Waals surface area (Å²) in [6.45, 7) is 1.78. The highest BCUT2D eigenvalue weighted by Gasteiger charge is 2.27. The first kappa shape index (κ1) is 22.1. The van der Waals surface area contributed by atoms with Crippen molar-refractivity contribution in [1.82, 2.24) is 4.57 Å². The van der Waals surface area contributed by atoms with E-state index >= 15 is 0 Å². The molecule has 0 radical (unpaired) electrons. The van der Waals surface area contributed by atoms with Crippen molar-refractivity contribution in [3.05, 3.63) is 39.1 Å². The second kappa shape index (κ2) is 9.92. The Balaban J connectivity index is 1.62. The second-order valence-corrected chi connectivity index (χ2v) is 7.44. The summed E-state index contributed by atoms with van der Waals surface area (Å²) in [7, 11) is 0. The molecule has 3 rings (SSSR count). The number of carboxylic acid groups (broad SMARTS) is 1. The molecule has 162 valence electrons. The van der Waals surface area contributed by atoms with E-state index in [2.05, 4.69) is 5.32 Å². The van der Waals surface area contributed by atoms with Crippen LogP contribution in [0.5, 0.6) is 0 Å². The Morgan fingerprint density at radius 3 is 2.53 bits per heavy atom. The van der Waals surface area contributed by atoms with Crippen LogP contribution in [0.3, 0.4) is 0 Å². The van der Waals surface area contributed by atoms with Gasteiger partial charge in [-0.1, -0.05) is 11.6 Å². The van der Waals surface area contributed by atoms with E-state index in [9.17, 15) is 19.5 Å². The van der Waals surface area contributed by atoms with E-state index in [1.54, 1.807) is 12.1 Å². The molecule has 1 aliphatic rings. The number of aromatic nitrogens is 1. The molecule has 9 nitrogen and oxygen atoms in total. The van der Waals surface area contributed by atoms with Crippen molar-refractivity contribution >= 4 is 40.1 Å². The minimum absolute atomic E-state index is 0.175. The van der Waals surface area contributed by atoms with E-state index < -0.39 is 17.3 Å². The smallest absolute Gasteiger partial charge is 0.341 e. The van der Waals surface area contributed by atoms with Crippen LogP contribution < -0.4 is 16.5 Å². The number of primary amides is 1. The first-order valence-electron chi connectivity index (χ1n) is 9.68. The number of fused-ring (bicyclic) bond motifs is 1. The Morgan fingerprint density at radius 2 is 1.90 bits per heavy atom. The van der Waals surface area contributed by atoms with E-state index in [1.807, 2.05) is 4.57 Å². The summed E-state index contributed by atoms with van der Waals surface area (Å²) in [5, 5.41) is 13.2. The molecular weight excluding hydrogens is 414 g/mol. The molecule has 1 saturated carbocycles. The SMILES string of the molecule is NC(=O)CCOCCOCCNc1cc2c(=O)c(C(=O)O)cn(C3CC3)c2cc1Cl. The minimum atomic E-state index is -1.24. The van der Waals surface area contributed by atoms with Crippen LogP contribution in [-0.2, 0) is 14.3 Å². The summed E-state index contributed by atoms with van der Waals surface area (Å²) < 4.78 is 12.5. The lowest BCUT2D eigenvalue weighted by atomic mass is 10.1. The van der Waals surface area contributed by atoms with E-state index in [1.165, 1.54) is 6.20 Å². The molecule has 10 heteroatoms. The van der Waals surface area contributed by atoms with Gasteiger partial charge in [-0.3, -0.25) is 9.59 Å². The van der Waals surface area contributed by atoms with Crippen molar-refractivity contribution in [2.24, 2.45) is 5.73 Å². The Bertz CT molecular complexity index is 1000. The van der Waals surface area contributed by atoms with Gasteiger partial charge in [0.25, 0.3) is 0 Å². The van der Waals surface area contributed by atoms with Crippen LogP contribution in [0.25, 0.3) is 10.9 Å². The first-order valence-corrected chi connectivity index (χ1v) is 10.1. The van der Waals surface area contributed by atoms with E-state index in [0.717, 1.165) is 12.8 Å². The standard InChI is InChI=1S/C20H24ClN3O6/c21-15-10-17-13(19(26)14(20(27)28)11-24(17)12-1-2-12)9-16(15)23-4-6-30-8-7-29-5-3-18(22)25/h9-12,23H,1-8H2,(H2,22,25)(H,27,28). The van der Waals surface area contributed by atoms with Crippen LogP contribution >= 0.6 is 11.6 Å². The summed E-state index contributed by atoms with van der Waals surface area (Å²) >= 11 is 6.39. The third kappa shape index (κ3) is 5.50. The third-order valence-corrected chi connectivity index (χ3v) is 5.03. The average Bonchev–Trinajstić information content (AvgIpc) is 3.52. The average molecular weight is 438 g/mol.